The zero-order chi connectivity index (χ0) is 15.2. The fourth-order valence-electron chi connectivity index (χ4n) is 2.19. The van der Waals surface area contributed by atoms with Crippen molar-refractivity contribution in [2.24, 2.45) is 5.73 Å². The van der Waals surface area contributed by atoms with Crippen LogP contribution >= 0.6 is 27.7 Å². The second-order valence-electron chi connectivity index (χ2n) is 4.78. The minimum atomic E-state index is 0.00553. The van der Waals surface area contributed by atoms with E-state index in [1.54, 1.807) is 7.11 Å². The van der Waals surface area contributed by atoms with Crippen molar-refractivity contribution in [3.8, 4) is 5.75 Å². The predicted molar refractivity (Wildman–Crippen MR) is 94.2 cm³/mol. The number of hydrogen-bond acceptors (Lipinski definition) is 3. The van der Waals surface area contributed by atoms with Gasteiger partial charge < -0.3 is 10.5 Å². The summed E-state index contributed by atoms with van der Waals surface area (Å²) in [4.78, 5) is 1.29. The van der Waals surface area contributed by atoms with Crippen LogP contribution in [0.2, 0.25) is 0 Å². The van der Waals surface area contributed by atoms with Crippen molar-refractivity contribution in [1.82, 2.24) is 0 Å². The number of halogens is 1. The Balaban J connectivity index is 2.06. The molecular formula is C17H20BrNOS. The Hall–Kier alpha value is -0.970. The summed E-state index contributed by atoms with van der Waals surface area (Å²) in [6, 6.07) is 14.6. The maximum atomic E-state index is 6.32. The summed E-state index contributed by atoms with van der Waals surface area (Å²) in [5, 5.41) is 0. The van der Waals surface area contributed by atoms with Crippen molar-refractivity contribution in [2.45, 2.75) is 24.3 Å². The SMILES string of the molecule is CCSc1ccc(C(N)Cc2ccc(OC)c(Br)c2)cc1. The maximum absolute atomic E-state index is 6.32. The van der Waals surface area contributed by atoms with E-state index in [4.69, 9.17) is 10.5 Å². The molecule has 4 heteroatoms. The first kappa shape index (κ1) is 16.4. The van der Waals surface area contributed by atoms with Gasteiger partial charge >= 0.3 is 0 Å². The van der Waals surface area contributed by atoms with Gasteiger partial charge in [-0.3, -0.25) is 0 Å². The van der Waals surface area contributed by atoms with E-state index in [1.807, 2.05) is 17.8 Å². The number of hydrogen-bond donors (Lipinski definition) is 1. The molecule has 0 aliphatic carbocycles. The molecule has 2 nitrogen and oxygen atoms in total. The molecular weight excluding hydrogens is 346 g/mol. The third-order valence-corrected chi connectivity index (χ3v) is 4.80. The molecule has 0 bridgehead atoms. The van der Waals surface area contributed by atoms with E-state index in [1.165, 1.54) is 16.0 Å². The third kappa shape index (κ3) is 4.50. The largest absolute Gasteiger partial charge is 0.496 e. The molecule has 0 heterocycles. The molecule has 0 saturated heterocycles. The standard InChI is InChI=1S/C17H20BrNOS/c1-3-21-14-7-5-13(6-8-14)16(19)11-12-4-9-17(20-2)15(18)10-12/h4-10,16H,3,11,19H2,1-2H3. The molecule has 0 radical (unpaired) electrons. The van der Waals surface area contributed by atoms with Crippen molar-refractivity contribution < 1.29 is 4.74 Å². The van der Waals surface area contributed by atoms with Gasteiger partial charge in [-0.25, -0.2) is 0 Å². The topological polar surface area (TPSA) is 35.2 Å². The number of thioether (sulfide) groups is 1. The highest BCUT2D eigenvalue weighted by Crippen LogP contribution is 2.28. The fourth-order valence-corrected chi connectivity index (χ4v) is 3.44. The van der Waals surface area contributed by atoms with E-state index in [0.29, 0.717) is 0 Å². The Morgan fingerprint density at radius 1 is 1.19 bits per heavy atom. The normalized spacial score (nSPS) is 12.2. The van der Waals surface area contributed by atoms with Crippen LogP contribution in [-0.2, 0) is 6.42 Å². The number of ether oxygens (including phenoxy) is 1. The Morgan fingerprint density at radius 2 is 1.90 bits per heavy atom. The van der Waals surface area contributed by atoms with Gasteiger partial charge in [0.15, 0.2) is 0 Å². The van der Waals surface area contributed by atoms with Gasteiger partial charge in [0.05, 0.1) is 11.6 Å². The van der Waals surface area contributed by atoms with Crippen molar-refractivity contribution in [1.29, 1.82) is 0 Å². The van der Waals surface area contributed by atoms with Crippen LogP contribution in [0.4, 0.5) is 0 Å². The fraction of sp³-hybridized carbons (Fsp3) is 0.294. The van der Waals surface area contributed by atoms with E-state index in [9.17, 15) is 0 Å². The molecule has 112 valence electrons. The molecule has 0 saturated carbocycles. The van der Waals surface area contributed by atoms with Crippen LogP contribution in [0.1, 0.15) is 24.1 Å². The lowest BCUT2D eigenvalue weighted by atomic mass is 10.00. The molecule has 0 aliphatic rings. The summed E-state index contributed by atoms with van der Waals surface area (Å²) in [5.41, 5.74) is 8.68. The predicted octanol–water partition coefficient (Wildman–Crippen LogP) is 4.81. The van der Waals surface area contributed by atoms with Gasteiger partial charge in [-0.15, -0.1) is 11.8 Å². The Labute approximate surface area is 139 Å². The molecule has 1 unspecified atom stereocenters. The lowest BCUT2D eigenvalue weighted by Crippen LogP contribution is -2.13. The van der Waals surface area contributed by atoms with E-state index in [0.717, 1.165) is 22.4 Å². The highest BCUT2D eigenvalue weighted by Gasteiger charge is 2.09. The van der Waals surface area contributed by atoms with Gasteiger partial charge in [-0.2, -0.15) is 0 Å². The van der Waals surface area contributed by atoms with Gasteiger partial charge in [0.2, 0.25) is 0 Å². The number of rotatable bonds is 6. The van der Waals surface area contributed by atoms with Crippen molar-refractivity contribution in [2.75, 3.05) is 12.9 Å². The summed E-state index contributed by atoms with van der Waals surface area (Å²) in [6.45, 7) is 2.16. The smallest absolute Gasteiger partial charge is 0.133 e. The molecule has 2 rings (SSSR count). The average Bonchev–Trinajstić information content (AvgIpc) is 2.48. The summed E-state index contributed by atoms with van der Waals surface area (Å²) >= 11 is 5.36. The molecule has 2 aromatic carbocycles. The quantitative estimate of drug-likeness (QED) is 0.745. The number of benzene rings is 2. The third-order valence-electron chi connectivity index (χ3n) is 3.29. The Bertz CT molecular complexity index is 586. The summed E-state index contributed by atoms with van der Waals surface area (Å²) in [5.74, 6) is 1.93. The van der Waals surface area contributed by atoms with Gasteiger partial charge in [0.1, 0.15) is 5.75 Å². The molecule has 1 atom stereocenters. The summed E-state index contributed by atoms with van der Waals surface area (Å²) in [6.07, 6.45) is 0.808. The average molecular weight is 366 g/mol. The molecule has 0 amide bonds. The van der Waals surface area contributed by atoms with Crippen LogP contribution in [0, 0.1) is 0 Å². The van der Waals surface area contributed by atoms with Gasteiger partial charge in [0.25, 0.3) is 0 Å². The van der Waals surface area contributed by atoms with Crippen LogP contribution in [0.15, 0.2) is 51.8 Å². The molecule has 2 aromatic rings. The molecule has 21 heavy (non-hydrogen) atoms. The van der Waals surface area contributed by atoms with Gasteiger partial charge in [-0.1, -0.05) is 25.1 Å². The van der Waals surface area contributed by atoms with Crippen molar-refractivity contribution in [3.05, 3.63) is 58.1 Å². The second kappa shape index (κ2) is 7.87. The van der Waals surface area contributed by atoms with Crippen LogP contribution < -0.4 is 10.5 Å². The highest BCUT2D eigenvalue weighted by molar-refractivity contribution is 9.10. The first-order valence-electron chi connectivity index (χ1n) is 6.94. The number of nitrogens with two attached hydrogens (primary N) is 1. The minimum Gasteiger partial charge on any atom is -0.496 e. The van der Waals surface area contributed by atoms with E-state index >= 15 is 0 Å². The van der Waals surface area contributed by atoms with Crippen LogP contribution in [0.5, 0.6) is 5.75 Å². The summed E-state index contributed by atoms with van der Waals surface area (Å²) < 4.78 is 6.21. The van der Waals surface area contributed by atoms with Gasteiger partial charge in [-0.05, 0) is 63.5 Å². The summed E-state index contributed by atoms with van der Waals surface area (Å²) in [7, 11) is 1.67. The van der Waals surface area contributed by atoms with E-state index in [2.05, 4.69) is 59.3 Å². The highest BCUT2D eigenvalue weighted by atomic mass is 79.9. The Kier molecular flexibility index (Phi) is 6.15. The molecule has 0 fully saturated rings. The number of methoxy groups -OCH3 is 1. The van der Waals surface area contributed by atoms with Crippen LogP contribution in [0.3, 0.4) is 0 Å². The van der Waals surface area contributed by atoms with Crippen LogP contribution in [-0.4, -0.2) is 12.9 Å². The minimum absolute atomic E-state index is 0.00553. The Morgan fingerprint density at radius 3 is 2.48 bits per heavy atom. The zero-order valence-electron chi connectivity index (χ0n) is 12.3. The lowest BCUT2D eigenvalue weighted by Gasteiger charge is -2.14. The van der Waals surface area contributed by atoms with E-state index in [-0.39, 0.29) is 6.04 Å². The van der Waals surface area contributed by atoms with Gasteiger partial charge in [0, 0.05) is 10.9 Å². The van der Waals surface area contributed by atoms with Crippen molar-refractivity contribution >= 4 is 27.7 Å². The van der Waals surface area contributed by atoms with Crippen LogP contribution in [0.25, 0.3) is 0 Å². The second-order valence-corrected chi connectivity index (χ2v) is 6.97. The molecule has 2 N–H and O–H groups in total. The van der Waals surface area contributed by atoms with E-state index < -0.39 is 0 Å². The monoisotopic (exact) mass is 365 g/mol. The van der Waals surface area contributed by atoms with Crippen molar-refractivity contribution in [3.63, 3.8) is 0 Å². The zero-order valence-corrected chi connectivity index (χ0v) is 14.7. The maximum Gasteiger partial charge on any atom is 0.133 e. The molecule has 0 aromatic heterocycles. The first-order chi connectivity index (χ1) is 10.1. The molecule has 0 aliphatic heterocycles. The first-order valence-corrected chi connectivity index (χ1v) is 8.72. The molecule has 0 spiro atoms. The lowest BCUT2D eigenvalue weighted by molar-refractivity contribution is 0.412.